The summed E-state index contributed by atoms with van der Waals surface area (Å²) in [4.78, 5) is 37.5. The smallest absolute Gasteiger partial charge is 0.0162 e. The number of amidine groups is 4. The number of halogens is 4. The van der Waals surface area contributed by atoms with E-state index in [9.17, 15) is 26.4 Å². The maximum Gasteiger partial charge on any atom is 0.0162 e. The van der Waals surface area contributed by atoms with Crippen molar-refractivity contribution in [1.82, 2.24) is 39.5 Å². The van der Waals surface area contributed by atoms with Crippen LogP contribution >= 0.6 is 37.7 Å². The topological polar surface area (TPSA) is 422 Å². The fraction of sp³-hybridized carbons (Fsp3) is 0.400. The predicted octanol–water partition coefficient (Wildman–Crippen LogP) is 24.5. The van der Waals surface area contributed by atoms with Gasteiger partial charge in [0.1, 0.15) is 5.78 Å². The molecule has 0 bridgehead atoms. The summed E-state index contributed by atoms with van der Waals surface area (Å²) in [7, 11) is 24.2. The van der Waals surface area contributed by atoms with E-state index in [0.29, 0.717) is 102 Å². The minimum atomic E-state index is -0.731. The number of fused-ring (bicyclic) bond motifs is 8. The largest absolute Gasteiger partial charge is 0.677 e. The molecule has 11 N–H and O–H groups in total. The molecule has 12 rings (SSSR count). The summed E-state index contributed by atoms with van der Waals surface area (Å²) < 4.78 is 0. The van der Waals surface area contributed by atoms with Gasteiger partial charge in [-0.15, -0.1) is 13.1 Å². The molecule has 127 heavy (non-hydrogen) atoms. The Kier molecular flexibility index (Phi) is 69.1. The van der Waals surface area contributed by atoms with Crippen molar-refractivity contribution < 1.29 is 95.2 Å². The molecule has 0 saturated carbocycles. The summed E-state index contributed by atoms with van der Waals surface area (Å²) in [5.41, 5.74) is 65.3. The van der Waals surface area contributed by atoms with E-state index in [1.165, 1.54) is 65.3 Å². The van der Waals surface area contributed by atoms with Gasteiger partial charge in [0.05, 0.1) is 44.1 Å². The SMILES string of the molecule is CC(=O)CCCC(=[N-])N(C)CCCc1c2ccccc2nc2ccccc12.CC(=[N-])N(C)CCCc1c2ccccc2nc2ccccc12.CC(=[N-])N(CCO)CCCc1c2ccccc2nc2ccccc12.CN(CCCc1c2ccccc2nc2ccccc12)C(=[N-])CCCO.[Cl][Pt+].[Cl][Pt+].[Cl][Pt+].[Cl][Pt+].[NH-]CC(O)C[NH-].[NH-]CCC[NH-].[NH-]CCC[NH-].[NH-]CCC[NH-]. The number of carbonyl (C=O) groups is 1. The number of benzene rings is 8. The molecule has 4 aromatic heterocycles. The number of ketones is 1. The van der Waals surface area contributed by atoms with Gasteiger partial charge in [0.25, 0.3) is 0 Å². The molecule has 0 saturated heterocycles. The number of nitrogens with one attached hydrogen (secondary N) is 8. The summed E-state index contributed by atoms with van der Waals surface area (Å²) in [5, 5.41) is 75.3. The number of hydrogen-bond donors (Lipinski definition) is 3. The molecule has 24 nitrogen and oxygen atoms in total. The monoisotopic (exact) mass is 2530 g/mol. The number of aliphatic hydroxyl groups is 3. The number of para-hydroxylation sites is 8. The van der Waals surface area contributed by atoms with Crippen LogP contribution in [0.5, 0.6) is 0 Å². The zero-order valence-electron chi connectivity index (χ0n) is 73.4. The first-order valence-corrected chi connectivity index (χ1v) is 53.1. The molecule has 4 heterocycles. The van der Waals surface area contributed by atoms with Gasteiger partial charge in [-0.2, -0.15) is 39.3 Å². The van der Waals surface area contributed by atoms with Crippen LogP contribution in [-0.4, -0.2) is 210 Å². The van der Waals surface area contributed by atoms with E-state index in [4.69, 9.17) is 81.1 Å². The Morgan fingerprint density at radius 3 is 0.740 bits per heavy atom. The van der Waals surface area contributed by atoms with Crippen molar-refractivity contribution in [2.75, 3.05) is 119 Å². The molecule has 0 radical (unpaired) electrons. The second-order valence-corrected chi connectivity index (χ2v) is 28.8. The van der Waals surface area contributed by atoms with E-state index in [-0.39, 0.29) is 37.9 Å². The minimum absolute atomic E-state index is 0.0407. The number of aromatic nitrogens is 4. The van der Waals surface area contributed by atoms with Crippen molar-refractivity contribution in [3.8, 4) is 0 Å². The van der Waals surface area contributed by atoms with Gasteiger partial charge in [-0.1, -0.05) is 229 Å². The summed E-state index contributed by atoms with van der Waals surface area (Å²) >= 11 is 6.44. The van der Waals surface area contributed by atoms with Crippen LogP contribution in [-0.2, 0) is 106 Å². The van der Waals surface area contributed by atoms with Gasteiger partial charge in [-0.3, -0.25) is 0 Å². The molecule has 8 aromatic carbocycles. The van der Waals surface area contributed by atoms with E-state index in [0.717, 1.165) is 134 Å². The Bertz CT molecular complexity index is 4820. The molecule has 32 heteroatoms. The van der Waals surface area contributed by atoms with Crippen LogP contribution in [0.3, 0.4) is 0 Å². The summed E-state index contributed by atoms with van der Waals surface area (Å²) in [6, 6.07) is 66.3. The molecular weight excluding hydrogens is 2410 g/mol. The molecule has 0 aliphatic rings. The Morgan fingerprint density at radius 1 is 0.323 bits per heavy atom. The van der Waals surface area contributed by atoms with E-state index in [2.05, 4.69) is 171 Å². The Hall–Kier alpha value is -6.54. The van der Waals surface area contributed by atoms with Crippen LogP contribution in [0.15, 0.2) is 194 Å². The van der Waals surface area contributed by atoms with Crippen LogP contribution in [0.25, 0.3) is 155 Å². The van der Waals surface area contributed by atoms with E-state index in [1.54, 1.807) is 95.9 Å². The average Bonchev–Trinajstić information content (AvgIpc) is 0.797. The Labute approximate surface area is 814 Å². The molecule has 0 aliphatic carbocycles. The molecule has 0 atom stereocenters. The van der Waals surface area contributed by atoms with Gasteiger partial charge in [0, 0.05) is 68.8 Å². The number of hydrogen-bond acceptors (Lipinski definition) is 8. The molecule has 0 spiro atoms. The molecule has 0 amide bonds. The normalized spacial score (nSPS) is 10.2. The molecule has 0 aliphatic heterocycles. The molecule has 0 unspecified atom stereocenters. The third kappa shape index (κ3) is 44.5. The minimum Gasteiger partial charge on any atom is -0.677 e. The van der Waals surface area contributed by atoms with Gasteiger partial charge in [0.15, 0.2) is 0 Å². The van der Waals surface area contributed by atoms with Gasteiger partial charge >= 0.3 is 113 Å². The fourth-order valence-electron chi connectivity index (χ4n) is 13.1. The van der Waals surface area contributed by atoms with Crippen LogP contribution in [0.2, 0.25) is 0 Å². The standard InChI is InChI=1S/C23H26N3O.C21H24N3O.C20H22N3O.C19H20N3.C3H8N2O.3C3H8N2.4ClH.4Pt/c1-17(27)9-7-15-23(24)26(2)16-8-12-18-19-10-3-5-13-21(19)25-22-14-6-4-11-20(18)22;1-24(21(22)13-7-15-25)14-6-10-16-17-8-2-4-11-19(17)23-20-12-5-3-9-18(16)20;1-15(21)23(13-14-24)12-6-9-16-17-7-2-4-10-19(17)22-20-11-5-3-8-18(16)20;1-14(20)22(2)13-7-10-15-16-8-3-5-11-18(16)21-19-12-6-4-9-17(15)19;4-1-3(6)2-5;3*4-2-1-3-5;;;;;;;;/h3-6,10-11,13-14H,7-9,12,15-16H2,1-2H3;2-5,8-9,11-12,25H,6-7,10,13-15H2,1H3;2-5,7-8,10-11,24H,6,9,12-14H2,1H3;3-6,8-9,11-12H,7,10,13H2,1-2H3;3-6H,1-2H2;3*4-5H,1-3H2;4*1H;;;;/q4*-1;4*-2;;;;;4*+2/p-4. The maximum absolute atomic E-state index is 11.0. The van der Waals surface area contributed by atoms with Gasteiger partial charge in [-0.25, -0.2) is 19.9 Å². The van der Waals surface area contributed by atoms with Gasteiger partial charge < -0.3 is 107 Å². The number of rotatable bonds is 33. The molecule has 704 valence electrons. The third-order valence-corrected chi connectivity index (χ3v) is 19.7. The molecule has 12 aromatic rings. The number of nitrogens with zero attached hydrogens (tertiary/aromatic N) is 12. The Morgan fingerprint density at radius 2 is 0.551 bits per heavy atom. The zero-order chi connectivity index (χ0) is 94.7. The van der Waals surface area contributed by atoms with E-state index >= 15 is 0 Å². The van der Waals surface area contributed by atoms with Crippen molar-refractivity contribution in [2.24, 2.45) is 0 Å². The van der Waals surface area contributed by atoms with Crippen molar-refractivity contribution >= 4 is 154 Å². The zero-order valence-corrected chi connectivity index (χ0v) is 85.5. The van der Waals surface area contributed by atoms with Crippen molar-refractivity contribution in [2.45, 2.75) is 130 Å². The maximum atomic E-state index is 11.0. The van der Waals surface area contributed by atoms with Crippen LogP contribution in [0.4, 0.5) is 0 Å². The predicted molar refractivity (Wildman–Crippen MR) is 529 cm³/mol. The van der Waals surface area contributed by atoms with Crippen molar-refractivity contribution in [3.63, 3.8) is 0 Å². The fourth-order valence-corrected chi connectivity index (χ4v) is 13.1. The first-order valence-electron chi connectivity index (χ1n) is 41.8. The van der Waals surface area contributed by atoms with Crippen LogP contribution in [0, 0.1) is 0 Å². The number of Topliss-reactive ketones (excluding diaryl/α,β-unsaturated/α-hetero) is 1. The van der Waals surface area contributed by atoms with E-state index < -0.39 is 6.10 Å². The van der Waals surface area contributed by atoms with E-state index in [1.807, 2.05) is 101 Å². The first-order chi connectivity index (χ1) is 61.7. The molecule has 0 fully saturated rings. The quantitative estimate of drug-likeness (QED) is 0.0196. The van der Waals surface area contributed by atoms with Gasteiger partial charge in [0.2, 0.25) is 0 Å². The Balaban J connectivity index is 0.000000767. The summed E-state index contributed by atoms with van der Waals surface area (Å²) in [6.45, 7) is 11.0. The number of pyridine rings is 4. The molecular formula is C95H124Cl4N20O4Pt4-8. The number of carbonyl (C=O) groups excluding carboxylic acids is 1. The van der Waals surface area contributed by atoms with Crippen molar-refractivity contribution in [1.29, 1.82) is 0 Å². The summed E-state index contributed by atoms with van der Waals surface area (Å²) in [6.07, 6.45) is 11.8. The number of aliphatic hydroxyl groups excluding tert-OH is 3. The second-order valence-electron chi connectivity index (χ2n) is 28.8. The van der Waals surface area contributed by atoms with Crippen LogP contribution in [0.1, 0.15) is 120 Å². The average molecular weight is 2530 g/mol. The van der Waals surface area contributed by atoms with Crippen molar-refractivity contribution in [3.05, 3.63) is 284 Å². The van der Waals surface area contributed by atoms with Gasteiger partial charge in [-0.05, 0) is 182 Å². The van der Waals surface area contributed by atoms with Crippen LogP contribution < -0.4 is 0 Å². The second kappa shape index (κ2) is 74.1. The first kappa shape index (κ1) is 118. The third-order valence-electron chi connectivity index (χ3n) is 19.7. The number of aryl methyl sites for hydroxylation is 4. The summed E-state index contributed by atoms with van der Waals surface area (Å²) in [5.74, 6) is 1.50.